The van der Waals surface area contributed by atoms with Crippen molar-refractivity contribution in [2.75, 3.05) is 19.6 Å². The minimum atomic E-state index is -4.28. The highest BCUT2D eigenvalue weighted by molar-refractivity contribution is 5.39. The van der Waals surface area contributed by atoms with Crippen LogP contribution in [0.4, 0.5) is 13.2 Å². The molecule has 3 nitrogen and oxygen atoms in total. The maximum Gasteiger partial charge on any atom is 0.416 e. The molecule has 1 saturated carbocycles. The van der Waals surface area contributed by atoms with Crippen LogP contribution in [-0.4, -0.2) is 29.1 Å². The van der Waals surface area contributed by atoms with E-state index in [2.05, 4.69) is 4.90 Å². The zero-order valence-electron chi connectivity index (χ0n) is 16.0. The molecule has 4 rings (SSSR count). The lowest BCUT2D eigenvalue weighted by Crippen LogP contribution is -2.28. The second-order valence-corrected chi connectivity index (χ2v) is 8.26. The molecule has 28 heavy (non-hydrogen) atoms. The van der Waals surface area contributed by atoms with E-state index in [1.165, 1.54) is 12.1 Å². The summed E-state index contributed by atoms with van der Waals surface area (Å²) < 4.78 is 40.1. The topological polar surface area (TPSA) is 25.2 Å². The van der Waals surface area contributed by atoms with Gasteiger partial charge in [0.1, 0.15) is 0 Å². The average molecular weight is 390 g/mol. The third kappa shape index (κ3) is 3.62. The first-order valence-corrected chi connectivity index (χ1v) is 9.86. The van der Waals surface area contributed by atoms with Gasteiger partial charge in [0.05, 0.1) is 5.56 Å². The first-order valence-electron chi connectivity index (χ1n) is 9.86. The van der Waals surface area contributed by atoms with Crippen molar-refractivity contribution in [3.05, 3.63) is 69.6 Å². The smallest absolute Gasteiger partial charge is 0.315 e. The minimum Gasteiger partial charge on any atom is -0.315 e. The summed E-state index contributed by atoms with van der Waals surface area (Å²) in [5.74, 6) is 0.559. The Hall–Kier alpha value is -2.08. The monoisotopic (exact) mass is 390 g/mol. The fraction of sp³-hybridized carbons (Fsp3) is 0.500. The number of likely N-dealkylation sites (tertiary alicyclic amines) is 1. The van der Waals surface area contributed by atoms with Crippen molar-refractivity contribution in [3.63, 3.8) is 0 Å². The molecule has 0 amide bonds. The fourth-order valence-corrected chi connectivity index (χ4v) is 4.65. The number of aromatic nitrogens is 1. The summed E-state index contributed by atoms with van der Waals surface area (Å²) in [6, 6.07) is 9.48. The highest BCUT2D eigenvalue weighted by atomic mass is 19.4. The summed E-state index contributed by atoms with van der Waals surface area (Å²) in [6.07, 6.45) is 0.585. The number of alkyl halides is 3. The van der Waals surface area contributed by atoms with Crippen molar-refractivity contribution in [3.8, 4) is 0 Å². The molecule has 1 aliphatic carbocycles. The Bertz CT molecular complexity index is 903. The molecule has 2 atom stereocenters. The number of unbranched alkanes of at least 4 members (excludes halogenated alkanes) is 1. The molecular weight excluding hydrogens is 365 g/mol. The summed E-state index contributed by atoms with van der Waals surface area (Å²) in [6.45, 7) is 5.47. The van der Waals surface area contributed by atoms with Gasteiger partial charge >= 0.3 is 6.18 Å². The molecule has 0 N–H and O–H groups in total. The lowest BCUT2D eigenvalue weighted by Gasteiger charge is -2.21. The van der Waals surface area contributed by atoms with Crippen molar-refractivity contribution in [1.82, 2.24) is 9.47 Å². The Labute approximate surface area is 162 Å². The third-order valence-corrected chi connectivity index (χ3v) is 6.34. The van der Waals surface area contributed by atoms with Crippen LogP contribution in [0.15, 0.2) is 47.4 Å². The van der Waals surface area contributed by atoms with Crippen LogP contribution in [0.2, 0.25) is 0 Å². The van der Waals surface area contributed by atoms with Gasteiger partial charge in [-0.15, -0.1) is 0 Å². The molecule has 0 spiro atoms. The Morgan fingerprint density at radius 1 is 1.11 bits per heavy atom. The lowest BCUT2D eigenvalue weighted by atomic mass is 9.94. The van der Waals surface area contributed by atoms with E-state index in [1.807, 2.05) is 25.3 Å². The van der Waals surface area contributed by atoms with Crippen LogP contribution in [0.5, 0.6) is 0 Å². The van der Waals surface area contributed by atoms with E-state index in [1.54, 1.807) is 16.7 Å². The number of halogens is 3. The Morgan fingerprint density at radius 3 is 2.54 bits per heavy atom. The molecule has 2 aliphatic rings. The van der Waals surface area contributed by atoms with Gasteiger partial charge in [-0.3, -0.25) is 4.79 Å². The Balaban J connectivity index is 1.29. The maximum atomic E-state index is 12.8. The van der Waals surface area contributed by atoms with Gasteiger partial charge in [0.15, 0.2) is 0 Å². The highest BCUT2D eigenvalue weighted by Crippen LogP contribution is 2.59. The molecule has 6 heteroatoms. The van der Waals surface area contributed by atoms with Gasteiger partial charge in [-0.25, -0.2) is 0 Å². The van der Waals surface area contributed by atoms with E-state index in [0.717, 1.165) is 56.6 Å². The van der Waals surface area contributed by atoms with Gasteiger partial charge in [-0.1, -0.05) is 18.2 Å². The van der Waals surface area contributed by atoms with Crippen molar-refractivity contribution in [2.45, 2.75) is 44.3 Å². The standard InChI is InChI=1S/C22H25F3N2O/c1-16-5-4-12-27(20(16)28)11-3-2-10-26-14-19-13-21(19,15-26)17-6-8-18(9-7-17)22(23,24)25/h4-9,12,19H,2-3,10-11,13-15H2,1H3/t19-,21-/m0/s1. The van der Waals surface area contributed by atoms with Gasteiger partial charge < -0.3 is 9.47 Å². The molecule has 150 valence electrons. The SMILES string of the molecule is Cc1cccn(CCCCN2C[C@@H]3C[C@@]3(c3ccc(C(F)(F)F)cc3)C2)c1=O. The number of benzene rings is 1. The summed E-state index contributed by atoms with van der Waals surface area (Å²) in [7, 11) is 0. The van der Waals surface area contributed by atoms with Gasteiger partial charge in [-0.05, 0) is 62.4 Å². The summed E-state index contributed by atoms with van der Waals surface area (Å²) >= 11 is 0. The fourth-order valence-electron chi connectivity index (χ4n) is 4.65. The highest BCUT2D eigenvalue weighted by Gasteiger charge is 2.60. The predicted octanol–water partition coefficient (Wildman–Crippen LogP) is 4.23. The summed E-state index contributed by atoms with van der Waals surface area (Å²) in [5, 5.41) is 0. The Morgan fingerprint density at radius 2 is 1.82 bits per heavy atom. The first kappa shape index (κ1) is 19.2. The number of hydrogen-bond donors (Lipinski definition) is 0. The van der Waals surface area contributed by atoms with Crippen LogP contribution in [0.3, 0.4) is 0 Å². The van der Waals surface area contributed by atoms with Crippen LogP contribution >= 0.6 is 0 Å². The van der Waals surface area contributed by atoms with Crippen LogP contribution in [0.1, 0.15) is 36.0 Å². The van der Waals surface area contributed by atoms with Crippen LogP contribution in [0, 0.1) is 12.8 Å². The van der Waals surface area contributed by atoms with Gasteiger partial charge in [0.2, 0.25) is 0 Å². The van der Waals surface area contributed by atoms with Crippen LogP contribution in [0.25, 0.3) is 0 Å². The van der Waals surface area contributed by atoms with E-state index in [4.69, 9.17) is 0 Å². The number of hydrogen-bond acceptors (Lipinski definition) is 2. The third-order valence-electron chi connectivity index (χ3n) is 6.34. The van der Waals surface area contributed by atoms with Gasteiger partial charge in [0.25, 0.3) is 5.56 Å². The van der Waals surface area contributed by atoms with E-state index in [9.17, 15) is 18.0 Å². The Kier molecular flexibility index (Phi) is 4.86. The average Bonchev–Trinajstić information content (AvgIpc) is 3.23. The van der Waals surface area contributed by atoms with Gasteiger partial charge in [-0.2, -0.15) is 13.2 Å². The van der Waals surface area contributed by atoms with Crippen LogP contribution in [-0.2, 0) is 18.1 Å². The number of rotatable bonds is 6. The molecule has 2 fully saturated rings. The zero-order chi connectivity index (χ0) is 19.9. The molecule has 2 aromatic rings. The molecular formula is C22H25F3N2O. The summed E-state index contributed by atoms with van der Waals surface area (Å²) in [4.78, 5) is 14.5. The number of nitrogens with zero attached hydrogens (tertiary/aromatic N) is 2. The van der Waals surface area contributed by atoms with E-state index in [-0.39, 0.29) is 11.0 Å². The quantitative estimate of drug-likeness (QED) is 0.690. The molecule has 1 saturated heterocycles. The van der Waals surface area contributed by atoms with Crippen molar-refractivity contribution >= 4 is 0 Å². The normalized spacial score (nSPS) is 24.4. The minimum absolute atomic E-state index is 0.0532. The number of aryl methyl sites for hydroxylation is 2. The van der Waals surface area contributed by atoms with E-state index in [0.29, 0.717) is 5.92 Å². The molecule has 2 heterocycles. The lowest BCUT2D eigenvalue weighted by molar-refractivity contribution is -0.137. The van der Waals surface area contributed by atoms with E-state index < -0.39 is 11.7 Å². The van der Waals surface area contributed by atoms with Crippen molar-refractivity contribution < 1.29 is 13.2 Å². The molecule has 1 aromatic heterocycles. The second kappa shape index (κ2) is 7.07. The number of pyridine rings is 1. The number of fused-ring (bicyclic) bond motifs is 1. The second-order valence-electron chi connectivity index (χ2n) is 8.26. The van der Waals surface area contributed by atoms with Crippen molar-refractivity contribution in [1.29, 1.82) is 0 Å². The summed E-state index contributed by atoms with van der Waals surface area (Å²) in [5.41, 5.74) is 1.36. The van der Waals surface area contributed by atoms with Crippen LogP contribution < -0.4 is 5.56 Å². The maximum absolute atomic E-state index is 12.8. The molecule has 0 unspecified atom stereocenters. The van der Waals surface area contributed by atoms with E-state index >= 15 is 0 Å². The van der Waals surface area contributed by atoms with Crippen molar-refractivity contribution in [2.24, 2.45) is 5.92 Å². The zero-order valence-corrected chi connectivity index (χ0v) is 16.0. The predicted molar refractivity (Wildman–Crippen MR) is 102 cm³/mol. The largest absolute Gasteiger partial charge is 0.416 e. The molecule has 1 aliphatic heterocycles. The number of piperidine rings is 1. The molecule has 1 aromatic carbocycles. The first-order chi connectivity index (χ1) is 13.3. The molecule has 0 radical (unpaired) electrons. The molecule has 0 bridgehead atoms. The van der Waals surface area contributed by atoms with Gasteiger partial charge in [0, 0.05) is 36.8 Å².